The molecule has 2 aromatic rings. The summed E-state index contributed by atoms with van der Waals surface area (Å²) in [6, 6.07) is 9.73. The summed E-state index contributed by atoms with van der Waals surface area (Å²) in [5.74, 6) is 0.0786. The van der Waals surface area contributed by atoms with Crippen LogP contribution in [0.15, 0.2) is 30.3 Å². The van der Waals surface area contributed by atoms with E-state index >= 15 is 0 Å². The Morgan fingerprint density at radius 3 is 2.96 bits per heavy atom. The first-order valence-electron chi connectivity index (χ1n) is 8.46. The molecule has 1 fully saturated rings. The highest BCUT2D eigenvalue weighted by Gasteiger charge is 2.26. The van der Waals surface area contributed by atoms with Gasteiger partial charge in [0.25, 0.3) is 5.91 Å². The van der Waals surface area contributed by atoms with Crippen LogP contribution in [0.25, 0.3) is 10.9 Å². The molecule has 0 aliphatic carbocycles. The molecule has 1 atom stereocenters. The van der Waals surface area contributed by atoms with E-state index in [1.54, 1.807) is 0 Å². The number of rotatable bonds is 4. The summed E-state index contributed by atoms with van der Waals surface area (Å²) in [6.07, 6.45) is 1.05. The third-order valence-electron chi connectivity index (χ3n) is 4.40. The topological polar surface area (TPSA) is 45.7 Å². The Hall–Kier alpha value is -1.98. The van der Waals surface area contributed by atoms with Crippen LogP contribution in [-0.4, -0.2) is 67.1 Å². The maximum Gasteiger partial charge on any atom is 0.254 e. The predicted octanol–water partition coefficient (Wildman–Crippen LogP) is 2.34. The van der Waals surface area contributed by atoms with E-state index in [9.17, 15) is 4.79 Å². The van der Waals surface area contributed by atoms with E-state index in [-0.39, 0.29) is 12.0 Å². The van der Waals surface area contributed by atoms with Gasteiger partial charge in [0, 0.05) is 30.7 Å². The Morgan fingerprint density at radius 1 is 1.38 bits per heavy atom. The van der Waals surface area contributed by atoms with Gasteiger partial charge in [0.2, 0.25) is 0 Å². The zero-order valence-corrected chi connectivity index (χ0v) is 14.7. The Labute approximate surface area is 143 Å². The summed E-state index contributed by atoms with van der Waals surface area (Å²) in [5.41, 5.74) is 2.49. The van der Waals surface area contributed by atoms with Gasteiger partial charge in [-0.05, 0) is 39.6 Å². The van der Waals surface area contributed by atoms with Crippen LogP contribution < -0.4 is 0 Å². The molecular weight excluding hydrogens is 302 g/mol. The summed E-state index contributed by atoms with van der Waals surface area (Å²) in [7, 11) is 4.11. The molecule has 24 heavy (non-hydrogen) atoms. The number of benzene rings is 1. The van der Waals surface area contributed by atoms with Gasteiger partial charge in [0.1, 0.15) is 0 Å². The number of nitrogens with zero attached hydrogens (tertiary/aromatic N) is 3. The number of amides is 1. The standard InChI is InChI=1S/C19H25N3O2/c1-14-12-17(16-6-4-5-7-18(16)20-14)19(23)22-10-11-24-15(13-22)8-9-21(2)3/h4-7,12,15H,8-11,13H2,1-3H3/t15-/m1/s1. The van der Waals surface area contributed by atoms with E-state index in [0.717, 1.165) is 35.1 Å². The lowest BCUT2D eigenvalue weighted by molar-refractivity contribution is -0.0269. The van der Waals surface area contributed by atoms with Crippen LogP contribution in [0.2, 0.25) is 0 Å². The van der Waals surface area contributed by atoms with Crippen molar-refractivity contribution in [3.05, 3.63) is 41.6 Å². The Balaban J connectivity index is 1.81. The third-order valence-corrected chi connectivity index (χ3v) is 4.40. The zero-order chi connectivity index (χ0) is 17.1. The molecule has 0 saturated carbocycles. The second-order valence-electron chi connectivity index (χ2n) is 6.66. The van der Waals surface area contributed by atoms with Gasteiger partial charge < -0.3 is 14.5 Å². The summed E-state index contributed by atoms with van der Waals surface area (Å²) >= 11 is 0. The van der Waals surface area contributed by atoms with Crippen molar-refractivity contribution < 1.29 is 9.53 Å². The van der Waals surface area contributed by atoms with Gasteiger partial charge in [-0.15, -0.1) is 0 Å². The zero-order valence-electron chi connectivity index (χ0n) is 14.7. The number of aryl methyl sites for hydroxylation is 1. The van der Waals surface area contributed by atoms with Crippen molar-refractivity contribution in [1.82, 2.24) is 14.8 Å². The summed E-state index contributed by atoms with van der Waals surface area (Å²) in [4.78, 5) is 21.7. The quantitative estimate of drug-likeness (QED) is 0.865. The van der Waals surface area contributed by atoms with Crippen molar-refractivity contribution in [2.24, 2.45) is 0 Å². The molecule has 3 rings (SSSR count). The summed E-state index contributed by atoms with van der Waals surface area (Å²) in [6.45, 7) is 4.80. The Morgan fingerprint density at radius 2 is 2.17 bits per heavy atom. The molecule has 0 radical (unpaired) electrons. The molecule has 0 spiro atoms. The molecular formula is C19H25N3O2. The van der Waals surface area contributed by atoms with Crippen molar-refractivity contribution in [2.45, 2.75) is 19.4 Å². The van der Waals surface area contributed by atoms with Crippen LogP contribution in [0.1, 0.15) is 22.5 Å². The van der Waals surface area contributed by atoms with E-state index in [0.29, 0.717) is 19.7 Å². The smallest absolute Gasteiger partial charge is 0.254 e. The highest BCUT2D eigenvalue weighted by atomic mass is 16.5. The molecule has 1 aromatic carbocycles. The largest absolute Gasteiger partial charge is 0.374 e. The van der Waals surface area contributed by atoms with Gasteiger partial charge in [-0.3, -0.25) is 9.78 Å². The van der Waals surface area contributed by atoms with Gasteiger partial charge in [0.05, 0.1) is 23.8 Å². The lowest BCUT2D eigenvalue weighted by atomic mass is 10.1. The normalized spacial score (nSPS) is 18.3. The van der Waals surface area contributed by atoms with Crippen LogP contribution in [0.3, 0.4) is 0 Å². The average Bonchev–Trinajstić information content (AvgIpc) is 2.58. The fourth-order valence-electron chi connectivity index (χ4n) is 3.14. The van der Waals surface area contributed by atoms with Crippen LogP contribution in [0, 0.1) is 6.92 Å². The first-order chi connectivity index (χ1) is 11.5. The SMILES string of the molecule is Cc1cc(C(=O)N2CCO[C@H](CCN(C)C)C2)c2ccccc2n1. The van der Waals surface area contributed by atoms with Crippen molar-refractivity contribution in [3.8, 4) is 0 Å². The number of carbonyl (C=O) groups is 1. The Kier molecular flexibility index (Phi) is 5.11. The number of fused-ring (bicyclic) bond motifs is 1. The molecule has 0 bridgehead atoms. The molecule has 5 heteroatoms. The van der Waals surface area contributed by atoms with E-state index in [4.69, 9.17) is 4.74 Å². The van der Waals surface area contributed by atoms with E-state index < -0.39 is 0 Å². The number of hydrogen-bond acceptors (Lipinski definition) is 4. The fourth-order valence-corrected chi connectivity index (χ4v) is 3.14. The molecule has 0 unspecified atom stereocenters. The van der Waals surface area contributed by atoms with Gasteiger partial charge in [0.15, 0.2) is 0 Å². The second kappa shape index (κ2) is 7.28. The minimum Gasteiger partial charge on any atom is -0.374 e. The lowest BCUT2D eigenvalue weighted by Gasteiger charge is -2.33. The molecule has 1 saturated heterocycles. The molecule has 5 nitrogen and oxygen atoms in total. The van der Waals surface area contributed by atoms with Gasteiger partial charge in [-0.1, -0.05) is 18.2 Å². The Bertz CT molecular complexity index is 730. The molecule has 2 heterocycles. The number of para-hydroxylation sites is 1. The van der Waals surface area contributed by atoms with Crippen molar-refractivity contribution in [3.63, 3.8) is 0 Å². The number of aromatic nitrogens is 1. The molecule has 0 N–H and O–H groups in total. The van der Waals surface area contributed by atoms with E-state index in [1.807, 2.05) is 42.2 Å². The highest BCUT2D eigenvalue weighted by Crippen LogP contribution is 2.21. The molecule has 128 valence electrons. The van der Waals surface area contributed by atoms with Gasteiger partial charge in [-0.2, -0.15) is 0 Å². The number of hydrogen-bond donors (Lipinski definition) is 0. The van der Waals surface area contributed by atoms with E-state index in [2.05, 4.69) is 24.0 Å². The monoisotopic (exact) mass is 327 g/mol. The van der Waals surface area contributed by atoms with Gasteiger partial charge in [-0.25, -0.2) is 0 Å². The van der Waals surface area contributed by atoms with Crippen LogP contribution in [0.4, 0.5) is 0 Å². The number of ether oxygens (including phenoxy) is 1. The van der Waals surface area contributed by atoms with E-state index in [1.165, 1.54) is 0 Å². The molecule has 1 aliphatic rings. The van der Waals surface area contributed by atoms with Crippen LogP contribution >= 0.6 is 0 Å². The molecule has 1 amide bonds. The van der Waals surface area contributed by atoms with Crippen molar-refractivity contribution in [2.75, 3.05) is 40.3 Å². The van der Waals surface area contributed by atoms with Crippen molar-refractivity contribution >= 4 is 16.8 Å². The average molecular weight is 327 g/mol. The summed E-state index contributed by atoms with van der Waals surface area (Å²) < 4.78 is 5.82. The van der Waals surface area contributed by atoms with Crippen LogP contribution in [0.5, 0.6) is 0 Å². The number of carbonyl (C=O) groups excluding carboxylic acids is 1. The number of pyridine rings is 1. The lowest BCUT2D eigenvalue weighted by Crippen LogP contribution is -2.46. The minimum absolute atomic E-state index is 0.0786. The van der Waals surface area contributed by atoms with Crippen LogP contribution in [-0.2, 0) is 4.74 Å². The molecule has 1 aliphatic heterocycles. The first kappa shape index (κ1) is 16.9. The molecule has 1 aromatic heterocycles. The fraction of sp³-hybridized carbons (Fsp3) is 0.474. The second-order valence-corrected chi connectivity index (χ2v) is 6.66. The maximum absolute atomic E-state index is 13.1. The third kappa shape index (κ3) is 3.74. The maximum atomic E-state index is 13.1. The van der Waals surface area contributed by atoms with Crippen molar-refractivity contribution in [1.29, 1.82) is 0 Å². The predicted molar refractivity (Wildman–Crippen MR) is 95.3 cm³/mol. The highest BCUT2D eigenvalue weighted by molar-refractivity contribution is 6.06. The minimum atomic E-state index is 0.0786. The number of morpholine rings is 1. The van der Waals surface area contributed by atoms with Gasteiger partial charge >= 0.3 is 0 Å². The summed E-state index contributed by atoms with van der Waals surface area (Å²) in [5, 5.41) is 0.921. The first-order valence-corrected chi connectivity index (χ1v) is 8.46.